The largest absolute Gasteiger partial charge is 0.481 e. The van der Waals surface area contributed by atoms with Crippen LogP contribution in [-0.2, 0) is 17.9 Å². The van der Waals surface area contributed by atoms with E-state index in [4.69, 9.17) is 4.74 Å². The van der Waals surface area contributed by atoms with Gasteiger partial charge in [-0.3, -0.25) is 9.78 Å². The van der Waals surface area contributed by atoms with E-state index >= 15 is 0 Å². The average molecular weight is 328 g/mol. The molecule has 0 saturated carbocycles. The summed E-state index contributed by atoms with van der Waals surface area (Å²) in [7, 11) is 0. The normalized spacial score (nSPS) is 12.0. The number of ether oxygens (including phenoxy) is 1. The first kappa shape index (κ1) is 17.9. The molecule has 0 aliphatic heterocycles. The molecule has 0 fully saturated rings. The standard InChI is InChI=1S/C19H24N2O3/c1-14(2)21(12-17-7-5-9-20-11-17)19(23)15(3)24-18-8-4-6-16(10-18)13-22/h4-11,14-15,22H,12-13H2,1-3H3. The second-order valence-electron chi connectivity index (χ2n) is 5.99. The molecule has 1 atom stereocenters. The van der Waals surface area contributed by atoms with Crippen molar-refractivity contribution < 1.29 is 14.6 Å². The molecule has 1 N–H and O–H groups in total. The number of hydrogen-bond acceptors (Lipinski definition) is 4. The Morgan fingerprint density at radius 1 is 1.21 bits per heavy atom. The van der Waals surface area contributed by atoms with Crippen LogP contribution in [0.15, 0.2) is 48.8 Å². The number of hydrogen-bond donors (Lipinski definition) is 1. The van der Waals surface area contributed by atoms with Gasteiger partial charge in [0.05, 0.1) is 6.61 Å². The molecular formula is C19H24N2O3. The van der Waals surface area contributed by atoms with E-state index in [-0.39, 0.29) is 18.6 Å². The number of carbonyl (C=O) groups excluding carboxylic acids is 1. The van der Waals surface area contributed by atoms with Gasteiger partial charge in [-0.1, -0.05) is 18.2 Å². The second kappa shape index (κ2) is 8.45. The molecule has 1 heterocycles. The van der Waals surface area contributed by atoms with Crippen molar-refractivity contribution in [3.8, 4) is 5.75 Å². The fraction of sp³-hybridized carbons (Fsp3) is 0.368. The molecule has 5 heteroatoms. The summed E-state index contributed by atoms with van der Waals surface area (Å²) in [6.07, 6.45) is 2.86. The summed E-state index contributed by atoms with van der Waals surface area (Å²) in [5.74, 6) is 0.496. The van der Waals surface area contributed by atoms with Gasteiger partial charge in [0.2, 0.25) is 0 Å². The van der Waals surface area contributed by atoms with Crippen LogP contribution in [0.5, 0.6) is 5.75 Å². The van der Waals surface area contributed by atoms with Gasteiger partial charge in [0.15, 0.2) is 6.10 Å². The predicted octanol–water partition coefficient (Wildman–Crippen LogP) is 2.78. The van der Waals surface area contributed by atoms with Crippen LogP contribution in [0.1, 0.15) is 31.9 Å². The molecule has 1 unspecified atom stereocenters. The fourth-order valence-electron chi connectivity index (χ4n) is 2.41. The second-order valence-corrected chi connectivity index (χ2v) is 5.99. The minimum absolute atomic E-state index is 0.0486. The number of nitrogens with zero attached hydrogens (tertiary/aromatic N) is 2. The fourth-order valence-corrected chi connectivity index (χ4v) is 2.41. The number of benzene rings is 1. The highest BCUT2D eigenvalue weighted by atomic mass is 16.5. The average Bonchev–Trinajstić information content (AvgIpc) is 2.59. The first-order chi connectivity index (χ1) is 11.5. The number of rotatable bonds is 7. The van der Waals surface area contributed by atoms with Crippen molar-refractivity contribution in [3.05, 3.63) is 59.9 Å². The zero-order chi connectivity index (χ0) is 17.5. The summed E-state index contributed by atoms with van der Waals surface area (Å²) in [5, 5.41) is 9.19. The molecule has 0 bridgehead atoms. The lowest BCUT2D eigenvalue weighted by atomic mass is 10.2. The van der Waals surface area contributed by atoms with Crippen molar-refractivity contribution in [1.29, 1.82) is 0 Å². The maximum absolute atomic E-state index is 12.8. The molecule has 0 radical (unpaired) electrons. The van der Waals surface area contributed by atoms with Crippen LogP contribution in [0, 0.1) is 0 Å². The number of aliphatic hydroxyl groups is 1. The molecule has 2 aromatic rings. The molecule has 128 valence electrons. The molecule has 1 aromatic carbocycles. The van der Waals surface area contributed by atoms with Gasteiger partial charge in [-0.15, -0.1) is 0 Å². The first-order valence-electron chi connectivity index (χ1n) is 8.07. The van der Waals surface area contributed by atoms with Crippen LogP contribution < -0.4 is 4.74 Å². The third-order valence-electron chi connectivity index (χ3n) is 3.72. The van der Waals surface area contributed by atoms with Crippen molar-refractivity contribution in [1.82, 2.24) is 9.88 Å². The molecule has 1 aromatic heterocycles. The molecule has 0 spiro atoms. The first-order valence-corrected chi connectivity index (χ1v) is 8.07. The molecule has 5 nitrogen and oxygen atoms in total. The smallest absolute Gasteiger partial charge is 0.263 e. The van der Waals surface area contributed by atoms with Crippen molar-refractivity contribution in [3.63, 3.8) is 0 Å². The molecule has 1 amide bonds. The summed E-state index contributed by atoms with van der Waals surface area (Å²) in [6, 6.07) is 11.0. The zero-order valence-corrected chi connectivity index (χ0v) is 14.3. The van der Waals surface area contributed by atoms with E-state index in [1.54, 1.807) is 42.4 Å². The maximum atomic E-state index is 12.8. The Labute approximate surface area is 142 Å². The topological polar surface area (TPSA) is 62.7 Å². The lowest BCUT2D eigenvalue weighted by Gasteiger charge is -2.29. The Hall–Kier alpha value is -2.40. The highest BCUT2D eigenvalue weighted by molar-refractivity contribution is 5.81. The van der Waals surface area contributed by atoms with E-state index in [9.17, 15) is 9.90 Å². The van der Waals surface area contributed by atoms with Crippen molar-refractivity contribution in [2.45, 2.75) is 46.1 Å². The van der Waals surface area contributed by atoms with Crippen molar-refractivity contribution >= 4 is 5.91 Å². The van der Waals surface area contributed by atoms with E-state index in [1.807, 2.05) is 32.0 Å². The molecular weight excluding hydrogens is 304 g/mol. The minimum atomic E-state index is -0.613. The van der Waals surface area contributed by atoms with Crippen LogP contribution in [0.4, 0.5) is 0 Å². The van der Waals surface area contributed by atoms with Gasteiger partial charge in [0.1, 0.15) is 5.75 Å². The number of carbonyl (C=O) groups is 1. The third-order valence-corrected chi connectivity index (χ3v) is 3.72. The highest BCUT2D eigenvalue weighted by Crippen LogP contribution is 2.17. The van der Waals surface area contributed by atoms with Crippen LogP contribution in [-0.4, -0.2) is 33.0 Å². The summed E-state index contributed by atoms with van der Waals surface area (Å²) >= 11 is 0. The molecule has 0 saturated heterocycles. The Bertz CT molecular complexity index is 659. The van der Waals surface area contributed by atoms with E-state index in [1.165, 1.54) is 0 Å². The molecule has 24 heavy (non-hydrogen) atoms. The van der Waals surface area contributed by atoms with Gasteiger partial charge in [0.25, 0.3) is 5.91 Å². The summed E-state index contributed by atoms with van der Waals surface area (Å²) in [6.45, 7) is 6.14. The van der Waals surface area contributed by atoms with Crippen LogP contribution in [0.3, 0.4) is 0 Å². The van der Waals surface area contributed by atoms with Gasteiger partial charge < -0.3 is 14.7 Å². The number of amides is 1. The zero-order valence-electron chi connectivity index (χ0n) is 14.3. The van der Waals surface area contributed by atoms with Gasteiger partial charge in [-0.25, -0.2) is 0 Å². The van der Waals surface area contributed by atoms with Crippen molar-refractivity contribution in [2.24, 2.45) is 0 Å². The Morgan fingerprint density at radius 2 is 1.96 bits per heavy atom. The number of aromatic nitrogens is 1. The van der Waals surface area contributed by atoms with Crippen LogP contribution in [0.25, 0.3) is 0 Å². The summed E-state index contributed by atoms with van der Waals surface area (Å²) in [4.78, 5) is 18.6. The molecule has 0 aliphatic carbocycles. The van der Waals surface area contributed by atoms with E-state index in [0.29, 0.717) is 12.3 Å². The van der Waals surface area contributed by atoms with E-state index < -0.39 is 6.10 Å². The highest BCUT2D eigenvalue weighted by Gasteiger charge is 2.24. The van der Waals surface area contributed by atoms with Crippen LogP contribution in [0.2, 0.25) is 0 Å². The Morgan fingerprint density at radius 3 is 2.58 bits per heavy atom. The van der Waals surface area contributed by atoms with Gasteiger partial charge >= 0.3 is 0 Å². The quantitative estimate of drug-likeness (QED) is 0.849. The SMILES string of the molecule is CC(Oc1cccc(CO)c1)C(=O)N(Cc1cccnc1)C(C)C. The third kappa shape index (κ3) is 4.80. The van der Waals surface area contributed by atoms with E-state index in [2.05, 4.69) is 4.98 Å². The lowest BCUT2D eigenvalue weighted by Crippen LogP contribution is -2.43. The molecule has 2 rings (SSSR count). The van der Waals surface area contributed by atoms with Crippen LogP contribution >= 0.6 is 0 Å². The van der Waals surface area contributed by atoms with E-state index in [0.717, 1.165) is 11.1 Å². The molecule has 0 aliphatic rings. The number of pyridine rings is 1. The van der Waals surface area contributed by atoms with Gasteiger partial charge in [-0.05, 0) is 50.1 Å². The lowest BCUT2D eigenvalue weighted by molar-refractivity contribution is -0.140. The minimum Gasteiger partial charge on any atom is -0.481 e. The Balaban J connectivity index is 2.07. The monoisotopic (exact) mass is 328 g/mol. The van der Waals surface area contributed by atoms with Gasteiger partial charge in [0, 0.05) is 25.0 Å². The van der Waals surface area contributed by atoms with Gasteiger partial charge in [-0.2, -0.15) is 0 Å². The van der Waals surface area contributed by atoms with Crippen molar-refractivity contribution in [2.75, 3.05) is 0 Å². The maximum Gasteiger partial charge on any atom is 0.263 e. The summed E-state index contributed by atoms with van der Waals surface area (Å²) < 4.78 is 5.77. The summed E-state index contributed by atoms with van der Waals surface area (Å²) in [5.41, 5.74) is 1.73. The number of aliphatic hydroxyl groups excluding tert-OH is 1. The predicted molar refractivity (Wildman–Crippen MR) is 92.4 cm³/mol. The Kier molecular flexibility index (Phi) is 6.32.